The Hall–Kier alpha value is -4.43. The summed E-state index contributed by atoms with van der Waals surface area (Å²) in [6.45, 7) is 0. The summed E-state index contributed by atoms with van der Waals surface area (Å²) in [7, 11) is 0. The van der Waals surface area contributed by atoms with Gasteiger partial charge in [-0.15, -0.1) is 0 Å². The highest BCUT2D eigenvalue weighted by molar-refractivity contribution is 6.30. The number of carbonyl (C=O) groups excluding carboxylic acids is 1. The van der Waals surface area contributed by atoms with Crippen LogP contribution >= 0.6 is 11.6 Å². The molecule has 0 unspecified atom stereocenters. The highest BCUT2D eigenvalue weighted by Gasteiger charge is 2.16. The third-order valence-electron chi connectivity index (χ3n) is 4.91. The molecule has 33 heavy (non-hydrogen) atoms. The Morgan fingerprint density at radius 3 is 2.55 bits per heavy atom. The summed E-state index contributed by atoms with van der Waals surface area (Å²) in [5.41, 5.74) is 2.89. The molecule has 2 heterocycles. The van der Waals surface area contributed by atoms with Gasteiger partial charge in [0.25, 0.3) is 11.6 Å². The molecule has 0 saturated carbocycles. The first-order chi connectivity index (χ1) is 16.0. The van der Waals surface area contributed by atoms with E-state index in [1.165, 1.54) is 18.2 Å². The van der Waals surface area contributed by atoms with Gasteiger partial charge in [0.2, 0.25) is 5.89 Å². The second-order valence-corrected chi connectivity index (χ2v) is 7.57. The Balaban J connectivity index is 1.35. The van der Waals surface area contributed by atoms with Crippen LogP contribution in [-0.4, -0.2) is 15.8 Å². The SMILES string of the molecule is O=C(Nc1ccc2oc(-c3ccc(Cl)cc3)nc2c1)c1ccc(-c2cccc([N+](=O)[O-])c2)o1. The Morgan fingerprint density at radius 2 is 1.76 bits per heavy atom. The van der Waals surface area contributed by atoms with Gasteiger partial charge in [-0.2, -0.15) is 0 Å². The van der Waals surface area contributed by atoms with E-state index in [2.05, 4.69) is 10.3 Å². The molecular weight excluding hydrogens is 446 g/mol. The number of hydrogen-bond donors (Lipinski definition) is 1. The zero-order chi connectivity index (χ0) is 22.9. The number of carbonyl (C=O) groups is 1. The summed E-state index contributed by atoms with van der Waals surface area (Å²) in [5.74, 6) is 0.396. The largest absolute Gasteiger partial charge is 0.451 e. The smallest absolute Gasteiger partial charge is 0.291 e. The first-order valence-electron chi connectivity index (χ1n) is 9.79. The van der Waals surface area contributed by atoms with Gasteiger partial charge in [-0.25, -0.2) is 4.98 Å². The van der Waals surface area contributed by atoms with E-state index in [-0.39, 0.29) is 11.4 Å². The fourth-order valence-corrected chi connectivity index (χ4v) is 3.43. The number of amides is 1. The minimum atomic E-state index is -0.488. The number of hydrogen-bond acceptors (Lipinski definition) is 6. The van der Waals surface area contributed by atoms with Crippen LogP contribution in [-0.2, 0) is 0 Å². The van der Waals surface area contributed by atoms with Crippen molar-refractivity contribution >= 4 is 40.0 Å². The van der Waals surface area contributed by atoms with E-state index < -0.39 is 10.8 Å². The van der Waals surface area contributed by atoms with Crippen LogP contribution in [0.1, 0.15) is 10.6 Å². The van der Waals surface area contributed by atoms with E-state index >= 15 is 0 Å². The normalized spacial score (nSPS) is 10.9. The number of nitro groups is 1. The van der Waals surface area contributed by atoms with Crippen LogP contribution in [0.15, 0.2) is 87.7 Å². The first-order valence-corrected chi connectivity index (χ1v) is 10.2. The van der Waals surface area contributed by atoms with E-state index in [1.807, 2.05) is 12.1 Å². The number of nitrogens with one attached hydrogen (secondary N) is 1. The molecule has 8 nitrogen and oxygen atoms in total. The first kappa shape index (κ1) is 20.5. The maximum Gasteiger partial charge on any atom is 0.291 e. The molecule has 0 aliphatic carbocycles. The van der Waals surface area contributed by atoms with Gasteiger partial charge in [-0.05, 0) is 54.6 Å². The number of furan rings is 1. The number of fused-ring (bicyclic) bond motifs is 1. The van der Waals surface area contributed by atoms with Gasteiger partial charge in [0.05, 0.1) is 4.92 Å². The van der Waals surface area contributed by atoms with Crippen molar-refractivity contribution in [2.24, 2.45) is 0 Å². The number of benzene rings is 3. The number of nitro benzene ring substituents is 1. The van der Waals surface area contributed by atoms with Crippen LogP contribution in [0.5, 0.6) is 0 Å². The summed E-state index contributed by atoms with van der Waals surface area (Å²) < 4.78 is 11.4. The molecule has 5 rings (SSSR count). The predicted octanol–water partition coefficient (Wildman–Crippen LogP) is 6.57. The van der Waals surface area contributed by atoms with Gasteiger partial charge in [0.1, 0.15) is 11.3 Å². The average molecular weight is 460 g/mol. The summed E-state index contributed by atoms with van der Waals surface area (Å²) in [5, 5.41) is 14.4. The molecule has 0 spiro atoms. The molecule has 0 radical (unpaired) electrons. The van der Waals surface area contributed by atoms with Gasteiger partial charge in [0, 0.05) is 34.0 Å². The van der Waals surface area contributed by atoms with Crippen molar-refractivity contribution in [3.63, 3.8) is 0 Å². The minimum absolute atomic E-state index is 0.0613. The number of oxazole rings is 1. The molecule has 2 aromatic heterocycles. The molecule has 5 aromatic rings. The van der Waals surface area contributed by atoms with Crippen molar-refractivity contribution in [3.8, 4) is 22.8 Å². The molecule has 162 valence electrons. The van der Waals surface area contributed by atoms with Crippen molar-refractivity contribution in [1.82, 2.24) is 4.98 Å². The van der Waals surface area contributed by atoms with Crippen molar-refractivity contribution in [3.05, 3.63) is 99.8 Å². The molecule has 0 bridgehead atoms. The lowest BCUT2D eigenvalue weighted by Crippen LogP contribution is -2.10. The quantitative estimate of drug-likeness (QED) is 0.235. The van der Waals surface area contributed by atoms with Crippen molar-refractivity contribution in [2.45, 2.75) is 0 Å². The van der Waals surface area contributed by atoms with Gasteiger partial charge in [-0.1, -0.05) is 23.7 Å². The molecule has 9 heteroatoms. The van der Waals surface area contributed by atoms with Crippen molar-refractivity contribution < 1.29 is 18.6 Å². The molecule has 1 amide bonds. The molecule has 0 aliphatic rings. The number of nitrogens with zero attached hydrogens (tertiary/aromatic N) is 2. The van der Waals surface area contributed by atoms with Crippen LogP contribution in [0.2, 0.25) is 5.02 Å². The number of aromatic nitrogens is 1. The van der Waals surface area contributed by atoms with Gasteiger partial charge in [0.15, 0.2) is 11.3 Å². The van der Waals surface area contributed by atoms with E-state index in [9.17, 15) is 14.9 Å². The van der Waals surface area contributed by atoms with E-state index in [0.717, 1.165) is 5.56 Å². The zero-order valence-electron chi connectivity index (χ0n) is 16.8. The van der Waals surface area contributed by atoms with E-state index in [4.69, 9.17) is 20.4 Å². The lowest BCUT2D eigenvalue weighted by molar-refractivity contribution is -0.384. The fraction of sp³-hybridized carbons (Fsp3) is 0. The predicted molar refractivity (Wildman–Crippen MR) is 123 cm³/mol. The van der Waals surface area contributed by atoms with Crippen LogP contribution < -0.4 is 5.32 Å². The Labute approximate surface area is 191 Å². The molecule has 0 atom stereocenters. The molecule has 1 N–H and O–H groups in total. The highest BCUT2D eigenvalue weighted by Crippen LogP contribution is 2.28. The van der Waals surface area contributed by atoms with Crippen molar-refractivity contribution in [2.75, 3.05) is 5.32 Å². The number of rotatable bonds is 5. The molecule has 3 aromatic carbocycles. The maximum atomic E-state index is 12.7. The summed E-state index contributed by atoms with van der Waals surface area (Å²) in [6, 6.07) is 21.3. The molecule has 0 aliphatic heterocycles. The number of non-ortho nitro benzene ring substituents is 1. The summed E-state index contributed by atoms with van der Waals surface area (Å²) >= 11 is 5.93. The number of anilines is 1. The lowest BCUT2D eigenvalue weighted by atomic mass is 10.1. The monoisotopic (exact) mass is 459 g/mol. The topological polar surface area (TPSA) is 111 Å². The minimum Gasteiger partial charge on any atom is -0.451 e. The Morgan fingerprint density at radius 1 is 0.939 bits per heavy atom. The Bertz CT molecular complexity index is 1500. The molecule has 0 saturated heterocycles. The van der Waals surface area contributed by atoms with Crippen LogP contribution in [0.4, 0.5) is 11.4 Å². The number of halogens is 1. The molecular formula is C24H14ClN3O5. The van der Waals surface area contributed by atoms with Gasteiger partial charge >= 0.3 is 0 Å². The zero-order valence-corrected chi connectivity index (χ0v) is 17.6. The van der Waals surface area contributed by atoms with E-state index in [1.54, 1.807) is 48.5 Å². The standard InChI is InChI=1S/C24H14ClN3O5/c25-16-6-4-14(5-7-16)24-27-19-13-17(8-9-21(19)33-24)26-23(29)22-11-10-20(32-22)15-2-1-3-18(12-15)28(30)31/h1-13H,(H,26,29). The third-order valence-corrected chi connectivity index (χ3v) is 5.16. The van der Waals surface area contributed by atoms with Crippen LogP contribution in [0, 0.1) is 10.1 Å². The van der Waals surface area contributed by atoms with Crippen molar-refractivity contribution in [1.29, 1.82) is 0 Å². The second kappa shape index (κ2) is 8.25. The fourth-order valence-electron chi connectivity index (χ4n) is 3.30. The van der Waals surface area contributed by atoms with Crippen LogP contribution in [0.25, 0.3) is 33.9 Å². The lowest BCUT2D eigenvalue weighted by Gasteiger charge is -2.02. The maximum absolute atomic E-state index is 12.7. The Kier molecular flexibility index (Phi) is 5.12. The average Bonchev–Trinajstić information content (AvgIpc) is 3.47. The van der Waals surface area contributed by atoms with Gasteiger partial charge in [-0.3, -0.25) is 14.9 Å². The second-order valence-electron chi connectivity index (χ2n) is 7.13. The van der Waals surface area contributed by atoms with Gasteiger partial charge < -0.3 is 14.2 Å². The van der Waals surface area contributed by atoms with Crippen LogP contribution in [0.3, 0.4) is 0 Å². The summed E-state index contributed by atoms with van der Waals surface area (Å²) in [6.07, 6.45) is 0. The third kappa shape index (κ3) is 4.19. The summed E-state index contributed by atoms with van der Waals surface area (Å²) in [4.78, 5) is 27.6. The highest BCUT2D eigenvalue weighted by atomic mass is 35.5. The molecule has 0 fully saturated rings. The van der Waals surface area contributed by atoms with E-state index in [0.29, 0.717) is 39.0 Å².